The molecule has 68 valence electrons. The molecule has 0 fully saturated rings. The van der Waals surface area contributed by atoms with E-state index in [1.54, 1.807) is 0 Å². The van der Waals surface area contributed by atoms with Crippen molar-refractivity contribution in [1.82, 2.24) is 0 Å². The summed E-state index contributed by atoms with van der Waals surface area (Å²) in [5.41, 5.74) is 4.90. The molecule has 0 atom stereocenters. The van der Waals surface area contributed by atoms with Gasteiger partial charge < -0.3 is 0 Å². The third-order valence-electron chi connectivity index (χ3n) is 2.65. The van der Waals surface area contributed by atoms with E-state index in [0.717, 1.165) is 24.4 Å². The molecule has 0 spiro atoms. The predicted molar refractivity (Wildman–Crippen MR) is 58.9 cm³/mol. The minimum absolute atomic E-state index is 0.793. The molecule has 0 saturated carbocycles. The standard InChI is InChI=1S/C12H10N2/c1-2-4-10-7-11-12(8-14-11)13-6-5-9(10)3-1/h1-6H,7-8H2. The molecule has 0 amide bonds. The van der Waals surface area contributed by atoms with Gasteiger partial charge in [-0.2, -0.15) is 0 Å². The molecule has 2 heterocycles. The second-order valence-electron chi connectivity index (χ2n) is 3.53. The van der Waals surface area contributed by atoms with E-state index in [4.69, 9.17) is 0 Å². The Labute approximate surface area is 82.7 Å². The maximum atomic E-state index is 4.36. The van der Waals surface area contributed by atoms with Crippen LogP contribution in [0.25, 0.3) is 6.08 Å². The van der Waals surface area contributed by atoms with Crippen molar-refractivity contribution in [3.8, 4) is 0 Å². The molecule has 3 rings (SSSR count). The van der Waals surface area contributed by atoms with Crippen LogP contribution in [0.5, 0.6) is 0 Å². The van der Waals surface area contributed by atoms with Gasteiger partial charge in [-0.3, -0.25) is 9.98 Å². The van der Waals surface area contributed by atoms with Crippen LogP contribution in [0.2, 0.25) is 0 Å². The van der Waals surface area contributed by atoms with Gasteiger partial charge in [-0.15, -0.1) is 0 Å². The molecule has 2 nitrogen and oxygen atoms in total. The quantitative estimate of drug-likeness (QED) is 0.587. The number of rotatable bonds is 0. The van der Waals surface area contributed by atoms with E-state index < -0.39 is 0 Å². The van der Waals surface area contributed by atoms with Crippen LogP contribution in [0, 0.1) is 0 Å². The summed E-state index contributed by atoms with van der Waals surface area (Å²) in [6.45, 7) is 0.793. The Morgan fingerprint density at radius 2 is 2.00 bits per heavy atom. The summed E-state index contributed by atoms with van der Waals surface area (Å²) >= 11 is 0. The van der Waals surface area contributed by atoms with Gasteiger partial charge in [-0.05, 0) is 17.2 Å². The molecule has 0 aromatic heterocycles. The van der Waals surface area contributed by atoms with Crippen molar-refractivity contribution in [2.45, 2.75) is 6.42 Å². The summed E-state index contributed by atoms with van der Waals surface area (Å²) in [6, 6.07) is 8.40. The minimum atomic E-state index is 0.793. The predicted octanol–water partition coefficient (Wildman–Crippen LogP) is 2.11. The lowest BCUT2D eigenvalue weighted by atomic mass is 9.96. The number of nitrogens with zero attached hydrogens (tertiary/aromatic N) is 2. The molecule has 2 aliphatic heterocycles. The summed E-state index contributed by atoms with van der Waals surface area (Å²) in [7, 11) is 0. The summed E-state index contributed by atoms with van der Waals surface area (Å²) in [5.74, 6) is 0. The first-order valence-electron chi connectivity index (χ1n) is 4.78. The van der Waals surface area contributed by atoms with Crippen LogP contribution in [-0.4, -0.2) is 18.0 Å². The van der Waals surface area contributed by atoms with Crippen LogP contribution >= 0.6 is 0 Å². The molecule has 0 bridgehead atoms. The Morgan fingerprint density at radius 1 is 1.07 bits per heavy atom. The molecule has 0 saturated heterocycles. The van der Waals surface area contributed by atoms with Gasteiger partial charge in [-0.1, -0.05) is 24.3 Å². The van der Waals surface area contributed by atoms with Crippen molar-refractivity contribution >= 4 is 17.5 Å². The monoisotopic (exact) mass is 182 g/mol. The van der Waals surface area contributed by atoms with Crippen molar-refractivity contribution in [1.29, 1.82) is 0 Å². The number of fused-ring (bicyclic) bond motifs is 2. The Morgan fingerprint density at radius 3 is 2.86 bits per heavy atom. The highest BCUT2D eigenvalue weighted by Gasteiger charge is 2.18. The third-order valence-corrected chi connectivity index (χ3v) is 2.65. The molecular formula is C12H10N2. The molecule has 0 unspecified atom stereocenters. The molecule has 0 radical (unpaired) electrons. The number of benzene rings is 1. The number of hydrogen-bond donors (Lipinski definition) is 0. The first-order valence-corrected chi connectivity index (χ1v) is 4.78. The maximum Gasteiger partial charge on any atom is 0.0834 e. The van der Waals surface area contributed by atoms with Gasteiger partial charge in [0.1, 0.15) is 0 Å². The van der Waals surface area contributed by atoms with Gasteiger partial charge in [-0.25, -0.2) is 0 Å². The van der Waals surface area contributed by atoms with Crippen molar-refractivity contribution in [2.24, 2.45) is 9.98 Å². The molecular weight excluding hydrogens is 172 g/mol. The lowest BCUT2D eigenvalue weighted by Crippen LogP contribution is -2.30. The van der Waals surface area contributed by atoms with Gasteiger partial charge in [0.05, 0.1) is 18.0 Å². The second-order valence-corrected chi connectivity index (χ2v) is 3.53. The van der Waals surface area contributed by atoms with Crippen LogP contribution in [0.4, 0.5) is 0 Å². The molecule has 0 aliphatic carbocycles. The lowest BCUT2D eigenvalue weighted by Gasteiger charge is -2.18. The number of hydrogen-bond acceptors (Lipinski definition) is 2. The van der Waals surface area contributed by atoms with Crippen LogP contribution in [-0.2, 0) is 6.42 Å². The molecule has 2 aliphatic rings. The van der Waals surface area contributed by atoms with Gasteiger partial charge in [0.25, 0.3) is 0 Å². The fourth-order valence-electron chi connectivity index (χ4n) is 1.78. The largest absolute Gasteiger partial charge is 0.281 e. The van der Waals surface area contributed by atoms with Crippen LogP contribution in [0.1, 0.15) is 11.1 Å². The Bertz CT molecular complexity index is 467. The Balaban J connectivity index is 2.12. The van der Waals surface area contributed by atoms with Crippen molar-refractivity contribution in [2.75, 3.05) is 6.54 Å². The maximum absolute atomic E-state index is 4.36. The average Bonchev–Trinajstić information content (AvgIpc) is 2.19. The van der Waals surface area contributed by atoms with Crippen LogP contribution < -0.4 is 0 Å². The highest BCUT2D eigenvalue weighted by atomic mass is 14.9. The summed E-state index contributed by atoms with van der Waals surface area (Å²) in [5, 5.41) is 0. The van der Waals surface area contributed by atoms with Crippen molar-refractivity contribution in [3.05, 3.63) is 41.6 Å². The Kier molecular flexibility index (Phi) is 1.60. The smallest absolute Gasteiger partial charge is 0.0834 e. The van der Waals surface area contributed by atoms with E-state index >= 15 is 0 Å². The summed E-state index contributed by atoms with van der Waals surface area (Å²) < 4.78 is 0. The molecule has 1 aromatic rings. The van der Waals surface area contributed by atoms with E-state index in [1.165, 1.54) is 11.1 Å². The van der Waals surface area contributed by atoms with E-state index in [9.17, 15) is 0 Å². The van der Waals surface area contributed by atoms with Crippen molar-refractivity contribution < 1.29 is 0 Å². The van der Waals surface area contributed by atoms with Crippen molar-refractivity contribution in [3.63, 3.8) is 0 Å². The topological polar surface area (TPSA) is 24.7 Å². The molecule has 1 aromatic carbocycles. The highest BCUT2D eigenvalue weighted by Crippen LogP contribution is 2.17. The minimum Gasteiger partial charge on any atom is -0.281 e. The van der Waals surface area contributed by atoms with Gasteiger partial charge >= 0.3 is 0 Å². The third kappa shape index (κ3) is 1.11. The fraction of sp³-hybridized carbons (Fsp3) is 0.167. The molecule has 14 heavy (non-hydrogen) atoms. The fourth-order valence-corrected chi connectivity index (χ4v) is 1.78. The average molecular weight is 182 g/mol. The first-order chi connectivity index (χ1) is 6.93. The van der Waals surface area contributed by atoms with E-state index in [0.29, 0.717) is 0 Å². The zero-order valence-electron chi connectivity index (χ0n) is 7.77. The van der Waals surface area contributed by atoms with E-state index in [1.807, 2.05) is 6.20 Å². The molecule has 2 heteroatoms. The SMILES string of the molecule is C1=Cc2ccccc2CC2=NCC2=N1. The summed E-state index contributed by atoms with van der Waals surface area (Å²) in [6.07, 6.45) is 4.87. The lowest BCUT2D eigenvalue weighted by molar-refractivity contribution is 1.17. The van der Waals surface area contributed by atoms with Crippen LogP contribution in [0.15, 0.2) is 40.5 Å². The highest BCUT2D eigenvalue weighted by molar-refractivity contribution is 6.48. The molecule has 0 N–H and O–H groups in total. The zero-order chi connectivity index (χ0) is 9.38. The Hall–Kier alpha value is -1.70. The zero-order valence-corrected chi connectivity index (χ0v) is 7.77. The van der Waals surface area contributed by atoms with Gasteiger partial charge in [0, 0.05) is 12.6 Å². The first kappa shape index (κ1) is 7.68. The number of aliphatic imine (C=N–C) groups is 2. The normalized spacial score (nSPS) is 18.0. The van der Waals surface area contributed by atoms with Gasteiger partial charge in [0.2, 0.25) is 0 Å². The van der Waals surface area contributed by atoms with E-state index in [2.05, 4.69) is 40.3 Å². The second kappa shape index (κ2) is 2.91. The van der Waals surface area contributed by atoms with Crippen LogP contribution in [0.3, 0.4) is 0 Å². The van der Waals surface area contributed by atoms with E-state index in [-0.39, 0.29) is 0 Å². The summed E-state index contributed by atoms with van der Waals surface area (Å²) in [4.78, 5) is 8.70. The van der Waals surface area contributed by atoms with Gasteiger partial charge in [0.15, 0.2) is 0 Å².